The van der Waals surface area contributed by atoms with Gasteiger partial charge in [-0.15, -0.1) is 0 Å². The van der Waals surface area contributed by atoms with Crippen molar-refractivity contribution in [2.24, 2.45) is 0 Å². The Labute approximate surface area is 130 Å². The summed E-state index contributed by atoms with van der Waals surface area (Å²) < 4.78 is 12.9. The Morgan fingerprint density at radius 3 is 2.23 bits per heavy atom. The topological polar surface area (TPSA) is 23.6 Å². The molecule has 2 aromatic rings. The van der Waals surface area contributed by atoms with E-state index in [1.165, 1.54) is 12.1 Å². The van der Waals surface area contributed by atoms with E-state index in [-0.39, 0.29) is 11.7 Å². The van der Waals surface area contributed by atoms with Gasteiger partial charge in [-0.2, -0.15) is 0 Å². The van der Waals surface area contributed by atoms with Gasteiger partial charge >= 0.3 is 0 Å². The monoisotopic (exact) mass is 298 g/mol. The van der Waals surface area contributed by atoms with Crippen LogP contribution in [0.1, 0.15) is 11.1 Å². The first kappa shape index (κ1) is 14.7. The van der Waals surface area contributed by atoms with Crippen molar-refractivity contribution < 1.29 is 9.18 Å². The summed E-state index contributed by atoms with van der Waals surface area (Å²) in [5.74, 6) is -0.0790. The molecule has 4 heteroatoms. The maximum absolute atomic E-state index is 12.9. The highest BCUT2D eigenvalue weighted by atomic mass is 19.1. The van der Waals surface area contributed by atoms with Gasteiger partial charge < -0.3 is 4.90 Å². The van der Waals surface area contributed by atoms with E-state index in [1.54, 1.807) is 12.1 Å². The predicted octanol–water partition coefficient (Wildman–Crippen LogP) is 2.67. The van der Waals surface area contributed by atoms with Gasteiger partial charge in [-0.3, -0.25) is 9.69 Å². The minimum atomic E-state index is -0.229. The van der Waals surface area contributed by atoms with Gasteiger partial charge in [0, 0.05) is 26.2 Å². The smallest absolute Gasteiger partial charge is 0.237 e. The molecule has 22 heavy (non-hydrogen) atoms. The molecule has 114 valence electrons. The van der Waals surface area contributed by atoms with Crippen LogP contribution in [-0.2, 0) is 17.9 Å². The Morgan fingerprint density at radius 2 is 1.55 bits per heavy atom. The first-order valence-electron chi connectivity index (χ1n) is 7.49. The van der Waals surface area contributed by atoms with Crippen molar-refractivity contribution in [3.63, 3.8) is 0 Å². The third-order valence-corrected chi connectivity index (χ3v) is 3.93. The summed E-state index contributed by atoms with van der Waals surface area (Å²) in [5.41, 5.74) is 2.19. The van der Waals surface area contributed by atoms with Crippen molar-refractivity contribution in [3.8, 4) is 0 Å². The second-order valence-electron chi connectivity index (χ2n) is 5.64. The molecule has 1 aliphatic heterocycles. The first-order valence-corrected chi connectivity index (χ1v) is 7.49. The predicted molar refractivity (Wildman–Crippen MR) is 83.5 cm³/mol. The van der Waals surface area contributed by atoms with Crippen molar-refractivity contribution in [1.82, 2.24) is 9.80 Å². The molecular weight excluding hydrogens is 279 g/mol. The maximum Gasteiger partial charge on any atom is 0.237 e. The number of carbonyl (C=O) groups excluding carboxylic acids is 1. The summed E-state index contributed by atoms with van der Waals surface area (Å²) in [5, 5.41) is 0. The lowest BCUT2D eigenvalue weighted by molar-refractivity contribution is -0.136. The lowest BCUT2D eigenvalue weighted by atomic mass is 10.1. The highest BCUT2D eigenvalue weighted by Gasteiger charge is 2.23. The van der Waals surface area contributed by atoms with Crippen LogP contribution in [0.25, 0.3) is 0 Å². The lowest BCUT2D eigenvalue weighted by Crippen LogP contribution is -2.49. The van der Waals surface area contributed by atoms with Gasteiger partial charge in [-0.05, 0) is 23.3 Å². The van der Waals surface area contributed by atoms with Crippen LogP contribution in [0.15, 0.2) is 54.6 Å². The second-order valence-corrected chi connectivity index (χ2v) is 5.64. The van der Waals surface area contributed by atoms with Crippen molar-refractivity contribution >= 4 is 5.91 Å². The van der Waals surface area contributed by atoms with Gasteiger partial charge in [-0.25, -0.2) is 4.39 Å². The molecule has 0 aromatic heterocycles. The molecule has 0 spiro atoms. The van der Waals surface area contributed by atoms with Crippen LogP contribution in [0.4, 0.5) is 4.39 Å². The standard InChI is InChI=1S/C18H19FN2O/c19-17-8-6-16(7-9-17)12-20-10-11-21(18(22)14-20)13-15-4-2-1-3-5-15/h1-9H,10-14H2. The van der Waals surface area contributed by atoms with E-state index in [1.807, 2.05) is 35.2 Å². The average Bonchev–Trinajstić information content (AvgIpc) is 2.53. The Hall–Kier alpha value is -2.20. The molecule has 1 saturated heterocycles. The van der Waals surface area contributed by atoms with Crippen LogP contribution in [-0.4, -0.2) is 35.3 Å². The summed E-state index contributed by atoms with van der Waals surface area (Å²) in [6.45, 7) is 3.35. The molecule has 1 fully saturated rings. The van der Waals surface area contributed by atoms with Crippen LogP contribution in [0.2, 0.25) is 0 Å². The number of carbonyl (C=O) groups is 1. The molecule has 0 N–H and O–H groups in total. The van der Waals surface area contributed by atoms with E-state index in [9.17, 15) is 9.18 Å². The number of benzene rings is 2. The fraction of sp³-hybridized carbons (Fsp3) is 0.278. The van der Waals surface area contributed by atoms with E-state index in [0.29, 0.717) is 19.6 Å². The summed E-state index contributed by atoms with van der Waals surface area (Å²) in [6.07, 6.45) is 0. The summed E-state index contributed by atoms with van der Waals surface area (Å²) in [6, 6.07) is 16.5. The number of nitrogens with zero attached hydrogens (tertiary/aromatic N) is 2. The number of hydrogen-bond donors (Lipinski definition) is 0. The quantitative estimate of drug-likeness (QED) is 0.866. The lowest BCUT2D eigenvalue weighted by Gasteiger charge is -2.34. The van der Waals surface area contributed by atoms with Crippen molar-refractivity contribution in [2.45, 2.75) is 13.1 Å². The van der Waals surface area contributed by atoms with Crippen molar-refractivity contribution in [3.05, 3.63) is 71.5 Å². The fourth-order valence-electron chi connectivity index (χ4n) is 2.71. The molecule has 1 aliphatic rings. The third-order valence-electron chi connectivity index (χ3n) is 3.93. The number of amides is 1. The number of rotatable bonds is 4. The Balaban J connectivity index is 1.55. The largest absolute Gasteiger partial charge is 0.336 e. The average molecular weight is 298 g/mol. The second kappa shape index (κ2) is 6.71. The molecule has 1 amide bonds. The highest BCUT2D eigenvalue weighted by molar-refractivity contribution is 5.79. The minimum Gasteiger partial charge on any atom is -0.336 e. The molecular formula is C18H19FN2O. The van der Waals surface area contributed by atoms with Crippen LogP contribution < -0.4 is 0 Å². The van der Waals surface area contributed by atoms with Crippen molar-refractivity contribution in [2.75, 3.05) is 19.6 Å². The van der Waals surface area contributed by atoms with Gasteiger partial charge in [0.05, 0.1) is 6.54 Å². The van der Waals surface area contributed by atoms with Crippen LogP contribution in [0, 0.1) is 5.82 Å². The molecule has 3 nitrogen and oxygen atoms in total. The summed E-state index contributed by atoms with van der Waals surface area (Å²) >= 11 is 0. The Morgan fingerprint density at radius 1 is 0.864 bits per heavy atom. The SMILES string of the molecule is O=C1CN(Cc2ccc(F)cc2)CCN1Cc1ccccc1. The van der Waals surface area contributed by atoms with Gasteiger partial charge in [0.25, 0.3) is 0 Å². The first-order chi connectivity index (χ1) is 10.7. The normalized spacial score (nSPS) is 16.0. The summed E-state index contributed by atoms with van der Waals surface area (Å²) in [4.78, 5) is 16.3. The number of piperazine rings is 1. The third kappa shape index (κ3) is 3.71. The highest BCUT2D eigenvalue weighted by Crippen LogP contribution is 2.13. The number of halogens is 1. The zero-order valence-electron chi connectivity index (χ0n) is 12.4. The molecule has 0 aliphatic carbocycles. The van der Waals surface area contributed by atoms with E-state index in [0.717, 1.165) is 24.2 Å². The van der Waals surface area contributed by atoms with Crippen LogP contribution >= 0.6 is 0 Å². The molecule has 1 heterocycles. The van der Waals surface area contributed by atoms with Gasteiger partial charge in [-0.1, -0.05) is 42.5 Å². The van der Waals surface area contributed by atoms with E-state index in [2.05, 4.69) is 4.90 Å². The summed E-state index contributed by atoms with van der Waals surface area (Å²) in [7, 11) is 0. The van der Waals surface area contributed by atoms with E-state index in [4.69, 9.17) is 0 Å². The molecule has 2 aromatic carbocycles. The maximum atomic E-state index is 12.9. The van der Waals surface area contributed by atoms with Gasteiger partial charge in [0.1, 0.15) is 5.82 Å². The fourth-order valence-corrected chi connectivity index (χ4v) is 2.71. The molecule has 0 radical (unpaired) electrons. The van der Waals surface area contributed by atoms with Gasteiger partial charge in [0.2, 0.25) is 5.91 Å². The van der Waals surface area contributed by atoms with Crippen LogP contribution in [0.5, 0.6) is 0 Å². The van der Waals surface area contributed by atoms with Crippen LogP contribution in [0.3, 0.4) is 0 Å². The minimum absolute atomic E-state index is 0.150. The number of hydrogen-bond acceptors (Lipinski definition) is 2. The van der Waals surface area contributed by atoms with Gasteiger partial charge in [0.15, 0.2) is 0 Å². The Bertz CT molecular complexity index is 627. The molecule has 0 atom stereocenters. The van der Waals surface area contributed by atoms with E-state index < -0.39 is 0 Å². The van der Waals surface area contributed by atoms with E-state index >= 15 is 0 Å². The Kier molecular flexibility index (Phi) is 4.49. The molecule has 0 unspecified atom stereocenters. The molecule has 0 saturated carbocycles. The zero-order chi connectivity index (χ0) is 15.4. The molecule has 3 rings (SSSR count). The van der Waals surface area contributed by atoms with Crippen molar-refractivity contribution in [1.29, 1.82) is 0 Å². The zero-order valence-corrected chi connectivity index (χ0v) is 12.4. The molecule has 0 bridgehead atoms.